The molecule has 0 radical (unpaired) electrons. The lowest BCUT2D eigenvalue weighted by molar-refractivity contribution is 0.249. The minimum atomic E-state index is -3.85. The van der Waals surface area contributed by atoms with Gasteiger partial charge < -0.3 is 4.90 Å². The Morgan fingerprint density at radius 2 is 1.58 bits per heavy atom. The Kier molecular flexibility index (Phi) is 5.69. The van der Waals surface area contributed by atoms with E-state index in [1.54, 1.807) is 7.05 Å². The molecule has 0 atom stereocenters. The van der Waals surface area contributed by atoms with E-state index in [4.69, 9.17) is 4.98 Å². The maximum absolute atomic E-state index is 13.0. The number of para-hydroxylation sites is 2. The molecular formula is C23H25N7O2S. The number of aromatic nitrogens is 4. The second-order valence-electron chi connectivity index (χ2n) is 8.09. The molecular weight excluding hydrogens is 438 g/mol. The summed E-state index contributed by atoms with van der Waals surface area (Å²) >= 11 is 0. The molecule has 1 aliphatic heterocycles. The molecule has 10 heteroatoms. The fourth-order valence-electron chi connectivity index (χ4n) is 3.96. The lowest BCUT2D eigenvalue weighted by Gasteiger charge is -2.36. The van der Waals surface area contributed by atoms with Crippen LogP contribution in [-0.2, 0) is 23.6 Å². The average molecular weight is 464 g/mol. The highest BCUT2D eigenvalue weighted by Crippen LogP contribution is 2.28. The minimum Gasteiger partial charge on any atom is -0.351 e. The third-order valence-corrected chi connectivity index (χ3v) is 6.99. The number of nitrogens with one attached hydrogen (secondary N) is 1. The molecule has 0 unspecified atom stereocenters. The van der Waals surface area contributed by atoms with Gasteiger partial charge in [0, 0.05) is 46.0 Å². The molecule has 0 spiro atoms. The monoisotopic (exact) mass is 463 g/mol. The Morgan fingerprint density at radius 3 is 2.24 bits per heavy atom. The van der Waals surface area contributed by atoms with Crippen molar-refractivity contribution >= 4 is 32.7 Å². The zero-order valence-corrected chi connectivity index (χ0v) is 19.1. The van der Waals surface area contributed by atoms with Gasteiger partial charge in [0.1, 0.15) is 4.90 Å². The number of piperazine rings is 1. The summed E-state index contributed by atoms with van der Waals surface area (Å²) in [6, 6.07) is 17.9. The van der Waals surface area contributed by atoms with Crippen LogP contribution in [-0.4, -0.2) is 59.2 Å². The van der Waals surface area contributed by atoms with Crippen molar-refractivity contribution in [2.45, 2.75) is 11.4 Å². The Hall–Kier alpha value is -3.50. The smallest absolute Gasteiger partial charge is 0.266 e. The summed E-state index contributed by atoms with van der Waals surface area (Å²) in [5.41, 5.74) is 2.64. The Bertz CT molecular complexity index is 1360. The van der Waals surface area contributed by atoms with Gasteiger partial charge in [0.25, 0.3) is 10.0 Å². The highest BCUT2D eigenvalue weighted by atomic mass is 32.2. The van der Waals surface area contributed by atoms with Gasteiger partial charge in [0.15, 0.2) is 11.6 Å². The van der Waals surface area contributed by atoms with E-state index in [1.807, 2.05) is 30.3 Å². The molecule has 0 amide bonds. The number of hydrogen-bond acceptors (Lipinski definition) is 7. The summed E-state index contributed by atoms with van der Waals surface area (Å²) in [6.07, 6.45) is 2.78. The van der Waals surface area contributed by atoms with Crippen molar-refractivity contribution in [3.8, 4) is 0 Å². The fourth-order valence-corrected chi connectivity index (χ4v) is 4.95. The maximum Gasteiger partial charge on any atom is 0.266 e. The normalized spacial score (nSPS) is 15.1. The van der Waals surface area contributed by atoms with Crippen LogP contribution >= 0.6 is 0 Å². The van der Waals surface area contributed by atoms with Crippen LogP contribution in [0.3, 0.4) is 0 Å². The Morgan fingerprint density at radius 1 is 0.909 bits per heavy atom. The lowest BCUT2D eigenvalue weighted by Crippen LogP contribution is -2.46. The lowest BCUT2D eigenvalue weighted by atomic mass is 10.2. The van der Waals surface area contributed by atoms with Crippen LogP contribution in [0.15, 0.2) is 71.9 Å². The molecule has 1 fully saturated rings. The summed E-state index contributed by atoms with van der Waals surface area (Å²) in [6.45, 7) is 4.03. The largest absolute Gasteiger partial charge is 0.351 e. The summed E-state index contributed by atoms with van der Waals surface area (Å²) in [5.74, 6) is 0.773. The summed E-state index contributed by atoms with van der Waals surface area (Å²) < 4.78 is 30.1. The van der Waals surface area contributed by atoms with Crippen LogP contribution in [0.1, 0.15) is 5.56 Å². The Balaban J connectivity index is 1.41. The van der Waals surface area contributed by atoms with Crippen molar-refractivity contribution in [2.75, 3.05) is 35.8 Å². The van der Waals surface area contributed by atoms with E-state index in [0.29, 0.717) is 11.3 Å². The number of aryl methyl sites for hydroxylation is 1. The first-order chi connectivity index (χ1) is 16.0. The zero-order chi connectivity index (χ0) is 22.8. The van der Waals surface area contributed by atoms with E-state index in [9.17, 15) is 8.42 Å². The summed E-state index contributed by atoms with van der Waals surface area (Å²) in [4.78, 5) is 14.0. The molecule has 5 rings (SSSR count). The molecule has 170 valence electrons. The van der Waals surface area contributed by atoms with Gasteiger partial charge in [0.05, 0.1) is 17.2 Å². The van der Waals surface area contributed by atoms with Crippen LogP contribution < -0.4 is 9.62 Å². The number of hydrogen-bond donors (Lipinski definition) is 1. The van der Waals surface area contributed by atoms with E-state index >= 15 is 0 Å². The van der Waals surface area contributed by atoms with Crippen LogP contribution in [0.4, 0.5) is 11.6 Å². The molecule has 2 aromatic carbocycles. The van der Waals surface area contributed by atoms with Gasteiger partial charge >= 0.3 is 0 Å². The number of rotatable bonds is 6. The molecule has 4 aromatic rings. The first kappa shape index (κ1) is 21.4. The molecule has 3 heterocycles. The van der Waals surface area contributed by atoms with E-state index < -0.39 is 10.0 Å². The third-order valence-electron chi connectivity index (χ3n) is 5.70. The summed E-state index contributed by atoms with van der Waals surface area (Å²) in [7, 11) is -2.17. The van der Waals surface area contributed by atoms with Crippen molar-refractivity contribution in [3.63, 3.8) is 0 Å². The number of fused-ring (bicyclic) bond motifs is 1. The van der Waals surface area contributed by atoms with Crippen molar-refractivity contribution in [1.29, 1.82) is 0 Å². The molecule has 0 saturated carbocycles. The zero-order valence-electron chi connectivity index (χ0n) is 18.3. The Labute approximate surface area is 192 Å². The number of sulfonamides is 1. The highest BCUT2D eigenvalue weighted by Gasteiger charge is 2.25. The van der Waals surface area contributed by atoms with Gasteiger partial charge in [-0.25, -0.2) is 18.4 Å². The second kappa shape index (κ2) is 8.80. The molecule has 33 heavy (non-hydrogen) atoms. The van der Waals surface area contributed by atoms with Crippen molar-refractivity contribution in [2.24, 2.45) is 7.05 Å². The highest BCUT2D eigenvalue weighted by molar-refractivity contribution is 7.92. The van der Waals surface area contributed by atoms with E-state index in [1.165, 1.54) is 22.6 Å². The number of benzene rings is 2. The van der Waals surface area contributed by atoms with Gasteiger partial charge in [-0.15, -0.1) is 0 Å². The van der Waals surface area contributed by atoms with E-state index in [0.717, 1.165) is 38.2 Å². The maximum atomic E-state index is 13.0. The molecule has 2 aromatic heterocycles. The van der Waals surface area contributed by atoms with Crippen LogP contribution in [0.25, 0.3) is 11.0 Å². The molecule has 9 nitrogen and oxygen atoms in total. The van der Waals surface area contributed by atoms with Crippen LogP contribution in [0.2, 0.25) is 0 Å². The van der Waals surface area contributed by atoms with Gasteiger partial charge in [-0.3, -0.25) is 14.3 Å². The van der Waals surface area contributed by atoms with Crippen molar-refractivity contribution < 1.29 is 8.42 Å². The summed E-state index contributed by atoms with van der Waals surface area (Å²) in [5, 5.41) is 3.97. The first-order valence-corrected chi connectivity index (χ1v) is 12.3. The number of anilines is 2. The van der Waals surface area contributed by atoms with Gasteiger partial charge in [-0.2, -0.15) is 5.10 Å². The van der Waals surface area contributed by atoms with Gasteiger partial charge in [-0.05, 0) is 17.7 Å². The number of nitrogens with zero attached hydrogens (tertiary/aromatic N) is 6. The molecule has 1 aliphatic rings. The van der Waals surface area contributed by atoms with Crippen molar-refractivity contribution in [1.82, 2.24) is 24.6 Å². The predicted molar refractivity (Wildman–Crippen MR) is 127 cm³/mol. The van der Waals surface area contributed by atoms with Crippen molar-refractivity contribution in [3.05, 3.63) is 72.6 Å². The van der Waals surface area contributed by atoms with Gasteiger partial charge in [0.2, 0.25) is 0 Å². The first-order valence-electron chi connectivity index (χ1n) is 10.8. The minimum absolute atomic E-state index is 0.0820. The predicted octanol–water partition coefficient (Wildman–Crippen LogP) is 2.49. The molecule has 1 saturated heterocycles. The standard InChI is InChI=1S/C23H25N7O2S/c1-28-17-19(15-24-28)33(31,32)27-22-23(26-21-10-6-5-9-20(21)25-22)30-13-11-29(12-14-30)16-18-7-3-2-4-8-18/h2-10,15,17H,11-14,16H2,1H3,(H,25,27). The topological polar surface area (TPSA) is 96.2 Å². The quantitative estimate of drug-likeness (QED) is 0.469. The van der Waals surface area contributed by atoms with Crippen LogP contribution in [0.5, 0.6) is 0 Å². The van der Waals surface area contributed by atoms with Gasteiger partial charge in [-0.1, -0.05) is 42.5 Å². The van der Waals surface area contributed by atoms with E-state index in [-0.39, 0.29) is 10.7 Å². The van der Waals surface area contributed by atoms with Crippen LogP contribution in [0, 0.1) is 0 Å². The second-order valence-corrected chi connectivity index (χ2v) is 9.77. The average Bonchev–Trinajstić information content (AvgIpc) is 3.27. The SMILES string of the molecule is Cn1cc(S(=O)(=O)Nc2nc3ccccc3nc2N2CCN(Cc3ccccc3)CC2)cn1. The molecule has 0 bridgehead atoms. The molecule has 0 aliphatic carbocycles. The molecule has 1 N–H and O–H groups in total. The third kappa shape index (κ3) is 4.67. The fraction of sp³-hybridized carbons (Fsp3) is 0.261. The van der Waals surface area contributed by atoms with E-state index in [2.05, 4.69) is 48.9 Å².